The van der Waals surface area contributed by atoms with E-state index in [4.69, 9.17) is 21.1 Å². The van der Waals surface area contributed by atoms with E-state index in [1.165, 1.54) is 0 Å². The molecule has 94 valence electrons. The Hall–Kier alpha value is -1.19. The van der Waals surface area contributed by atoms with E-state index in [0.29, 0.717) is 16.5 Å². The highest BCUT2D eigenvalue weighted by Gasteiger charge is 2.10. The molecule has 0 spiro atoms. The number of methoxy groups -OCH3 is 2. The van der Waals surface area contributed by atoms with Crippen molar-refractivity contribution in [3.8, 4) is 11.5 Å². The summed E-state index contributed by atoms with van der Waals surface area (Å²) in [6.45, 7) is 5.31. The van der Waals surface area contributed by atoms with Gasteiger partial charge in [-0.3, -0.25) is 0 Å². The van der Waals surface area contributed by atoms with Gasteiger partial charge in [-0.15, -0.1) is 6.58 Å². The number of rotatable bonds is 7. The molecule has 0 atom stereocenters. The highest BCUT2D eigenvalue weighted by molar-refractivity contribution is 6.32. The third-order valence-electron chi connectivity index (χ3n) is 2.35. The van der Waals surface area contributed by atoms with Crippen LogP contribution < -0.4 is 14.8 Å². The number of ether oxygens (including phenoxy) is 2. The SMILES string of the molecule is C=CCCNCc1cc(Cl)c(OC)c(OC)c1. The standard InChI is InChI=1S/C13H18ClNO2/c1-4-5-6-15-9-10-7-11(14)13(17-3)12(8-10)16-2/h4,7-8,15H,1,5-6,9H2,2-3H3. The molecule has 0 aromatic heterocycles. The minimum absolute atomic E-state index is 0.562. The zero-order valence-corrected chi connectivity index (χ0v) is 11.0. The average molecular weight is 256 g/mol. The Morgan fingerprint density at radius 1 is 1.35 bits per heavy atom. The number of hydrogen-bond donors (Lipinski definition) is 1. The van der Waals surface area contributed by atoms with E-state index in [0.717, 1.165) is 25.1 Å². The van der Waals surface area contributed by atoms with Crippen LogP contribution in [0.3, 0.4) is 0 Å². The zero-order valence-electron chi connectivity index (χ0n) is 10.3. The maximum atomic E-state index is 6.10. The summed E-state index contributed by atoms with van der Waals surface area (Å²) < 4.78 is 10.4. The number of halogens is 1. The highest BCUT2D eigenvalue weighted by atomic mass is 35.5. The molecule has 0 saturated heterocycles. The lowest BCUT2D eigenvalue weighted by Gasteiger charge is -2.12. The molecule has 0 aliphatic rings. The molecule has 4 heteroatoms. The van der Waals surface area contributed by atoms with E-state index in [9.17, 15) is 0 Å². The quantitative estimate of drug-likeness (QED) is 0.600. The Morgan fingerprint density at radius 3 is 2.71 bits per heavy atom. The molecule has 0 amide bonds. The Labute approximate surface area is 107 Å². The van der Waals surface area contributed by atoms with Crippen molar-refractivity contribution in [2.75, 3.05) is 20.8 Å². The van der Waals surface area contributed by atoms with E-state index < -0.39 is 0 Å². The fourth-order valence-corrected chi connectivity index (χ4v) is 1.82. The van der Waals surface area contributed by atoms with Crippen molar-refractivity contribution in [3.05, 3.63) is 35.4 Å². The molecule has 0 saturated carbocycles. The van der Waals surface area contributed by atoms with Gasteiger partial charge in [0.1, 0.15) is 0 Å². The van der Waals surface area contributed by atoms with E-state index in [1.807, 2.05) is 18.2 Å². The van der Waals surface area contributed by atoms with Gasteiger partial charge in [-0.05, 0) is 30.7 Å². The Kier molecular flexibility index (Phi) is 5.87. The first-order valence-corrected chi connectivity index (χ1v) is 5.82. The first-order valence-electron chi connectivity index (χ1n) is 5.45. The van der Waals surface area contributed by atoms with E-state index >= 15 is 0 Å². The zero-order chi connectivity index (χ0) is 12.7. The molecule has 0 fully saturated rings. The van der Waals surface area contributed by atoms with E-state index in [2.05, 4.69) is 11.9 Å². The molecule has 3 nitrogen and oxygen atoms in total. The van der Waals surface area contributed by atoms with Crippen LogP contribution in [0, 0.1) is 0 Å². The summed E-state index contributed by atoms with van der Waals surface area (Å²) in [7, 11) is 3.18. The average Bonchev–Trinajstić information content (AvgIpc) is 2.34. The van der Waals surface area contributed by atoms with Crippen LogP contribution in [0.25, 0.3) is 0 Å². The minimum Gasteiger partial charge on any atom is -0.493 e. The summed E-state index contributed by atoms with van der Waals surface area (Å²) in [6, 6.07) is 3.80. The van der Waals surface area contributed by atoms with Gasteiger partial charge in [-0.25, -0.2) is 0 Å². The molecule has 0 radical (unpaired) electrons. The molecule has 1 aromatic rings. The van der Waals surface area contributed by atoms with Gasteiger partial charge in [-0.1, -0.05) is 17.7 Å². The second kappa shape index (κ2) is 7.20. The third-order valence-corrected chi connectivity index (χ3v) is 2.63. The van der Waals surface area contributed by atoms with Crippen LogP contribution in [0.5, 0.6) is 11.5 Å². The molecule has 1 rings (SSSR count). The van der Waals surface area contributed by atoms with Gasteiger partial charge in [0.15, 0.2) is 11.5 Å². The predicted molar refractivity (Wildman–Crippen MR) is 71.1 cm³/mol. The molecular weight excluding hydrogens is 238 g/mol. The molecule has 0 aliphatic carbocycles. The largest absolute Gasteiger partial charge is 0.493 e. The summed E-state index contributed by atoms with van der Waals surface area (Å²) in [5, 5.41) is 3.85. The number of hydrogen-bond acceptors (Lipinski definition) is 3. The number of nitrogens with one attached hydrogen (secondary N) is 1. The van der Waals surface area contributed by atoms with Gasteiger partial charge in [-0.2, -0.15) is 0 Å². The Morgan fingerprint density at radius 2 is 2.12 bits per heavy atom. The smallest absolute Gasteiger partial charge is 0.179 e. The minimum atomic E-state index is 0.562. The van der Waals surface area contributed by atoms with Gasteiger partial charge in [0.2, 0.25) is 0 Å². The molecule has 0 heterocycles. The maximum Gasteiger partial charge on any atom is 0.179 e. The predicted octanol–water partition coefficient (Wildman–Crippen LogP) is 3.02. The highest BCUT2D eigenvalue weighted by Crippen LogP contribution is 2.35. The van der Waals surface area contributed by atoms with Crippen molar-refractivity contribution >= 4 is 11.6 Å². The van der Waals surface area contributed by atoms with Gasteiger partial charge in [0, 0.05) is 6.54 Å². The van der Waals surface area contributed by atoms with Crippen molar-refractivity contribution in [3.63, 3.8) is 0 Å². The van der Waals surface area contributed by atoms with Crippen LogP contribution in [0.4, 0.5) is 0 Å². The van der Waals surface area contributed by atoms with Crippen molar-refractivity contribution < 1.29 is 9.47 Å². The monoisotopic (exact) mass is 255 g/mol. The van der Waals surface area contributed by atoms with E-state index in [-0.39, 0.29) is 0 Å². The van der Waals surface area contributed by atoms with Gasteiger partial charge < -0.3 is 14.8 Å². The van der Waals surface area contributed by atoms with Crippen molar-refractivity contribution in [1.82, 2.24) is 5.32 Å². The van der Waals surface area contributed by atoms with Crippen molar-refractivity contribution in [2.45, 2.75) is 13.0 Å². The van der Waals surface area contributed by atoms with Gasteiger partial charge in [0.05, 0.1) is 19.2 Å². The summed E-state index contributed by atoms with van der Waals surface area (Å²) in [4.78, 5) is 0. The number of benzene rings is 1. The van der Waals surface area contributed by atoms with Crippen molar-refractivity contribution in [1.29, 1.82) is 0 Å². The second-order valence-corrected chi connectivity index (χ2v) is 3.97. The lowest BCUT2D eigenvalue weighted by Crippen LogP contribution is -2.14. The van der Waals surface area contributed by atoms with Crippen LogP contribution in [-0.4, -0.2) is 20.8 Å². The van der Waals surface area contributed by atoms with E-state index in [1.54, 1.807) is 14.2 Å². The van der Waals surface area contributed by atoms with Crippen LogP contribution in [0.1, 0.15) is 12.0 Å². The summed E-state index contributed by atoms with van der Waals surface area (Å²) >= 11 is 6.10. The lowest BCUT2D eigenvalue weighted by molar-refractivity contribution is 0.354. The molecule has 1 aromatic carbocycles. The van der Waals surface area contributed by atoms with Crippen LogP contribution >= 0.6 is 11.6 Å². The fourth-order valence-electron chi connectivity index (χ4n) is 1.51. The molecule has 0 aliphatic heterocycles. The van der Waals surface area contributed by atoms with Crippen LogP contribution in [-0.2, 0) is 6.54 Å². The summed E-state index contributed by atoms with van der Waals surface area (Å²) in [5.41, 5.74) is 1.07. The molecule has 1 N–H and O–H groups in total. The second-order valence-electron chi connectivity index (χ2n) is 3.57. The Balaban J connectivity index is 2.73. The van der Waals surface area contributed by atoms with Gasteiger partial charge >= 0.3 is 0 Å². The normalized spacial score (nSPS) is 10.1. The maximum absolute atomic E-state index is 6.10. The summed E-state index contributed by atoms with van der Waals surface area (Å²) in [6.07, 6.45) is 2.83. The molecule has 17 heavy (non-hydrogen) atoms. The van der Waals surface area contributed by atoms with Crippen LogP contribution in [0.15, 0.2) is 24.8 Å². The molecular formula is C13H18ClNO2. The molecule has 0 unspecified atom stereocenters. The van der Waals surface area contributed by atoms with Crippen molar-refractivity contribution in [2.24, 2.45) is 0 Å². The van der Waals surface area contributed by atoms with Crippen LogP contribution in [0.2, 0.25) is 5.02 Å². The molecule has 0 bridgehead atoms. The van der Waals surface area contributed by atoms with Gasteiger partial charge in [0.25, 0.3) is 0 Å². The fraction of sp³-hybridized carbons (Fsp3) is 0.385. The lowest BCUT2D eigenvalue weighted by atomic mass is 10.2. The first-order chi connectivity index (χ1) is 8.22. The first kappa shape index (κ1) is 13.9. The Bertz CT molecular complexity index is 380. The third kappa shape index (κ3) is 3.95. The summed E-state index contributed by atoms with van der Waals surface area (Å²) in [5.74, 6) is 1.23. The topological polar surface area (TPSA) is 30.5 Å².